The minimum atomic E-state index is -2.29. The summed E-state index contributed by atoms with van der Waals surface area (Å²) in [5.41, 5.74) is -1.70. The third-order valence-electron chi connectivity index (χ3n) is 3.64. The van der Waals surface area contributed by atoms with Crippen molar-refractivity contribution in [3.8, 4) is 0 Å². The predicted octanol–water partition coefficient (Wildman–Crippen LogP) is 1.49. The van der Waals surface area contributed by atoms with E-state index in [0.717, 1.165) is 33.6 Å². The highest BCUT2D eigenvalue weighted by Gasteiger charge is 2.50. The SMILES string of the molecule is C=CC(C)(O)CCC=C(C)C.CC(=O)OC(C(C)=O)(C(C)=O)C(O)CO. The van der Waals surface area contributed by atoms with Gasteiger partial charge in [-0.25, -0.2) is 0 Å². The van der Waals surface area contributed by atoms with Gasteiger partial charge in [-0.05, 0) is 47.5 Å². The van der Waals surface area contributed by atoms with Crippen LogP contribution in [0.5, 0.6) is 0 Å². The molecule has 0 aliphatic carbocycles. The topological polar surface area (TPSA) is 121 Å². The van der Waals surface area contributed by atoms with Crippen LogP contribution in [0, 0.1) is 0 Å². The molecule has 0 saturated carbocycles. The minimum absolute atomic E-state index is 0.702. The second kappa shape index (κ2) is 11.7. The first-order valence-corrected chi connectivity index (χ1v) is 8.26. The van der Waals surface area contributed by atoms with Gasteiger partial charge < -0.3 is 20.1 Å². The first kappa shape index (κ1) is 26.4. The molecule has 26 heavy (non-hydrogen) atoms. The Bertz CT molecular complexity index is 514. The molecule has 0 aromatic heterocycles. The molecule has 2 atom stereocenters. The Kier molecular flexibility index (Phi) is 11.9. The normalized spacial score (nSPS) is 14.0. The summed E-state index contributed by atoms with van der Waals surface area (Å²) in [4.78, 5) is 33.3. The summed E-state index contributed by atoms with van der Waals surface area (Å²) in [5.74, 6) is -2.54. The lowest BCUT2D eigenvalue weighted by atomic mass is 9.88. The first-order valence-electron chi connectivity index (χ1n) is 8.26. The van der Waals surface area contributed by atoms with Crippen LogP contribution < -0.4 is 0 Å². The Morgan fingerprint density at radius 2 is 1.58 bits per heavy atom. The fraction of sp³-hybridized carbons (Fsp3) is 0.632. The molecule has 0 bridgehead atoms. The molecule has 3 N–H and O–H groups in total. The molecule has 0 heterocycles. The van der Waals surface area contributed by atoms with Gasteiger partial charge in [-0.3, -0.25) is 14.4 Å². The number of Topliss-reactive ketones (excluding diaryl/α,β-unsaturated/α-hetero) is 2. The zero-order valence-corrected chi connectivity index (χ0v) is 16.5. The van der Waals surface area contributed by atoms with Crippen LogP contribution in [0.2, 0.25) is 0 Å². The quantitative estimate of drug-likeness (QED) is 0.318. The standard InChI is InChI=1S/C10H18O.C9H14O6/c1-5-10(4,11)8-6-7-9(2)3;1-5(11)9(6(2)12,8(14)4-10)15-7(3)13/h5,7,11H,1,6,8H2,2-4H3;8,10,14H,4H2,1-3H3. The van der Waals surface area contributed by atoms with Gasteiger partial charge in [0, 0.05) is 6.92 Å². The summed E-state index contributed by atoms with van der Waals surface area (Å²) in [7, 11) is 0. The fourth-order valence-corrected chi connectivity index (χ4v) is 2.04. The van der Waals surface area contributed by atoms with Gasteiger partial charge in [0.1, 0.15) is 6.10 Å². The number of aliphatic hydroxyl groups excluding tert-OH is 2. The van der Waals surface area contributed by atoms with Gasteiger partial charge in [-0.15, -0.1) is 6.58 Å². The Balaban J connectivity index is 0. The van der Waals surface area contributed by atoms with E-state index in [1.807, 2.05) is 0 Å². The van der Waals surface area contributed by atoms with Crippen LogP contribution >= 0.6 is 0 Å². The highest BCUT2D eigenvalue weighted by molar-refractivity contribution is 6.10. The van der Waals surface area contributed by atoms with Crippen molar-refractivity contribution in [2.75, 3.05) is 6.61 Å². The molecule has 0 aromatic rings. The lowest BCUT2D eigenvalue weighted by molar-refractivity contribution is -0.184. The van der Waals surface area contributed by atoms with Crippen molar-refractivity contribution in [2.24, 2.45) is 0 Å². The smallest absolute Gasteiger partial charge is 0.304 e. The van der Waals surface area contributed by atoms with E-state index in [0.29, 0.717) is 0 Å². The van der Waals surface area contributed by atoms with Gasteiger partial charge in [0.25, 0.3) is 5.60 Å². The third kappa shape index (κ3) is 9.03. The van der Waals surface area contributed by atoms with Crippen molar-refractivity contribution in [1.82, 2.24) is 0 Å². The number of rotatable bonds is 9. The van der Waals surface area contributed by atoms with Gasteiger partial charge in [-0.1, -0.05) is 17.7 Å². The summed E-state index contributed by atoms with van der Waals surface area (Å²) < 4.78 is 4.57. The second-order valence-corrected chi connectivity index (χ2v) is 6.52. The Hall–Kier alpha value is -1.83. The average Bonchev–Trinajstić information content (AvgIpc) is 2.51. The molecule has 0 radical (unpaired) electrons. The van der Waals surface area contributed by atoms with Crippen LogP contribution in [0.1, 0.15) is 54.4 Å². The van der Waals surface area contributed by atoms with E-state index in [2.05, 4.69) is 31.2 Å². The largest absolute Gasteiger partial charge is 0.440 e. The van der Waals surface area contributed by atoms with E-state index in [1.54, 1.807) is 13.0 Å². The molecule has 7 nitrogen and oxygen atoms in total. The van der Waals surface area contributed by atoms with E-state index >= 15 is 0 Å². The summed E-state index contributed by atoms with van der Waals surface area (Å²) >= 11 is 0. The van der Waals surface area contributed by atoms with Gasteiger partial charge in [0.15, 0.2) is 11.6 Å². The summed E-state index contributed by atoms with van der Waals surface area (Å²) in [6.45, 7) is 11.6. The molecular formula is C19H32O7. The van der Waals surface area contributed by atoms with E-state index in [4.69, 9.17) is 5.11 Å². The lowest BCUT2D eigenvalue weighted by Crippen LogP contribution is -2.58. The van der Waals surface area contributed by atoms with Gasteiger partial charge in [0.2, 0.25) is 0 Å². The monoisotopic (exact) mass is 372 g/mol. The van der Waals surface area contributed by atoms with Crippen molar-refractivity contribution >= 4 is 17.5 Å². The molecule has 0 rings (SSSR count). The molecule has 0 aromatic carbocycles. The zero-order chi connectivity index (χ0) is 21.1. The maximum absolute atomic E-state index is 11.3. The van der Waals surface area contributed by atoms with Crippen LogP contribution in [0.4, 0.5) is 0 Å². The average molecular weight is 372 g/mol. The van der Waals surface area contributed by atoms with E-state index in [9.17, 15) is 24.6 Å². The number of hydrogen-bond acceptors (Lipinski definition) is 7. The highest BCUT2D eigenvalue weighted by Crippen LogP contribution is 2.20. The molecule has 0 aliphatic rings. The van der Waals surface area contributed by atoms with Crippen LogP contribution in [-0.2, 0) is 19.1 Å². The molecule has 7 heteroatoms. The van der Waals surface area contributed by atoms with Crippen LogP contribution in [-0.4, -0.2) is 56.8 Å². The van der Waals surface area contributed by atoms with Crippen molar-refractivity contribution < 1.29 is 34.4 Å². The van der Waals surface area contributed by atoms with E-state index in [-0.39, 0.29) is 0 Å². The molecule has 0 spiro atoms. The van der Waals surface area contributed by atoms with Gasteiger partial charge >= 0.3 is 5.97 Å². The number of aliphatic hydroxyl groups is 3. The molecule has 0 saturated heterocycles. The maximum atomic E-state index is 11.3. The number of carbonyl (C=O) groups excluding carboxylic acids is 3. The van der Waals surface area contributed by atoms with Crippen molar-refractivity contribution in [1.29, 1.82) is 0 Å². The molecule has 0 amide bonds. The van der Waals surface area contributed by atoms with Crippen molar-refractivity contribution in [2.45, 2.75) is 71.7 Å². The molecule has 150 valence electrons. The highest BCUT2D eigenvalue weighted by atomic mass is 16.6. The van der Waals surface area contributed by atoms with Gasteiger partial charge in [-0.2, -0.15) is 0 Å². The zero-order valence-electron chi connectivity index (χ0n) is 16.5. The van der Waals surface area contributed by atoms with Crippen LogP contribution in [0.3, 0.4) is 0 Å². The van der Waals surface area contributed by atoms with Gasteiger partial charge in [0.05, 0.1) is 12.2 Å². The number of esters is 1. The van der Waals surface area contributed by atoms with Crippen LogP contribution in [0.25, 0.3) is 0 Å². The number of hydrogen-bond donors (Lipinski definition) is 3. The van der Waals surface area contributed by atoms with Crippen molar-refractivity contribution in [3.05, 3.63) is 24.3 Å². The number of allylic oxidation sites excluding steroid dienone is 2. The molecular weight excluding hydrogens is 340 g/mol. The fourth-order valence-electron chi connectivity index (χ4n) is 2.04. The predicted molar refractivity (Wildman–Crippen MR) is 98.4 cm³/mol. The van der Waals surface area contributed by atoms with Crippen LogP contribution in [0.15, 0.2) is 24.3 Å². The first-order chi connectivity index (χ1) is 11.8. The Labute approximate surface area is 155 Å². The Morgan fingerprint density at radius 3 is 1.85 bits per heavy atom. The van der Waals surface area contributed by atoms with E-state index in [1.165, 1.54) is 5.57 Å². The van der Waals surface area contributed by atoms with E-state index < -0.39 is 41.4 Å². The lowest BCUT2D eigenvalue weighted by Gasteiger charge is -2.31. The third-order valence-corrected chi connectivity index (χ3v) is 3.64. The summed E-state index contributed by atoms with van der Waals surface area (Å²) in [6, 6.07) is 0. The second-order valence-electron chi connectivity index (χ2n) is 6.52. The minimum Gasteiger partial charge on any atom is -0.440 e. The maximum Gasteiger partial charge on any atom is 0.304 e. The molecule has 2 unspecified atom stereocenters. The number of ether oxygens (including phenoxy) is 1. The summed E-state index contributed by atoms with van der Waals surface area (Å²) in [6.07, 6.45) is 3.63. The number of carbonyl (C=O) groups is 3. The molecule has 0 aliphatic heterocycles. The van der Waals surface area contributed by atoms with Crippen molar-refractivity contribution in [3.63, 3.8) is 0 Å². The number of ketones is 2. The molecule has 0 fully saturated rings. The summed E-state index contributed by atoms with van der Waals surface area (Å²) in [5, 5.41) is 27.6. The Morgan fingerprint density at radius 1 is 1.12 bits per heavy atom.